The van der Waals surface area contributed by atoms with Gasteiger partial charge in [0, 0.05) is 31.2 Å². The molecule has 0 bridgehead atoms. The fourth-order valence-electron chi connectivity index (χ4n) is 2.47. The van der Waals surface area contributed by atoms with Gasteiger partial charge in [-0.25, -0.2) is 0 Å². The van der Waals surface area contributed by atoms with Gasteiger partial charge in [0.05, 0.1) is 5.02 Å². The molecule has 0 fully saturated rings. The summed E-state index contributed by atoms with van der Waals surface area (Å²) in [4.78, 5) is 17.9. The molecule has 1 heterocycles. The number of nitrogens with zero attached hydrogens (tertiary/aromatic N) is 2. The van der Waals surface area contributed by atoms with Gasteiger partial charge in [-0.2, -0.15) is 4.98 Å². The molecule has 1 N–H and O–H groups in total. The fourth-order valence-corrected chi connectivity index (χ4v) is 2.99. The van der Waals surface area contributed by atoms with E-state index in [1.165, 1.54) is 0 Å². The monoisotopic (exact) mass is 377 g/mol. The first-order valence-electron chi connectivity index (χ1n) is 7.74. The summed E-state index contributed by atoms with van der Waals surface area (Å²) in [5.41, 5.74) is 2.84. The SMILES string of the molecule is CN(C)C(=O)c1cccc(CCNc2nc3cc(Cl)cc(Cl)c3o2)c1. The second kappa shape index (κ2) is 7.33. The quantitative estimate of drug-likeness (QED) is 0.711. The molecule has 0 aliphatic rings. The first-order chi connectivity index (χ1) is 11.9. The number of carbonyl (C=O) groups excluding carboxylic acids is 1. The van der Waals surface area contributed by atoms with Crippen LogP contribution in [-0.4, -0.2) is 36.4 Å². The molecular formula is C18H17Cl2N3O2. The van der Waals surface area contributed by atoms with Crippen LogP contribution in [0.25, 0.3) is 11.1 Å². The maximum atomic E-state index is 12.0. The van der Waals surface area contributed by atoms with Crippen LogP contribution in [0.2, 0.25) is 10.0 Å². The Morgan fingerprint density at radius 2 is 2.04 bits per heavy atom. The average Bonchev–Trinajstić information content (AvgIpc) is 2.97. The number of carbonyl (C=O) groups is 1. The molecule has 0 saturated heterocycles. The number of aromatic nitrogens is 1. The van der Waals surface area contributed by atoms with Gasteiger partial charge in [-0.05, 0) is 36.2 Å². The third-order valence-corrected chi connectivity index (χ3v) is 4.18. The summed E-state index contributed by atoms with van der Waals surface area (Å²) in [5.74, 6) is -0.0136. The lowest BCUT2D eigenvalue weighted by atomic mass is 10.1. The summed E-state index contributed by atoms with van der Waals surface area (Å²) in [6, 6.07) is 11.3. The standard InChI is InChI=1S/C18H17Cl2N3O2/c1-23(2)17(24)12-5-3-4-11(8-12)6-7-21-18-22-15-10-13(19)9-14(20)16(15)25-18/h3-5,8-10H,6-7H2,1-2H3,(H,21,22). The van der Waals surface area contributed by atoms with Crippen molar-refractivity contribution in [3.63, 3.8) is 0 Å². The fraction of sp³-hybridized carbons (Fsp3) is 0.222. The van der Waals surface area contributed by atoms with E-state index in [1.54, 1.807) is 31.1 Å². The smallest absolute Gasteiger partial charge is 0.295 e. The van der Waals surface area contributed by atoms with E-state index in [1.807, 2.05) is 24.3 Å². The second-order valence-corrected chi connectivity index (χ2v) is 6.68. The maximum absolute atomic E-state index is 12.0. The van der Waals surface area contributed by atoms with E-state index < -0.39 is 0 Å². The molecule has 5 nitrogen and oxygen atoms in total. The molecule has 0 spiro atoms. The molecule has 25 heavy (non-hydrogen) atoms. The number of oxazole rings is 1. The molecule has 7 heteroatoms. The summed E-state index contributed by atoms with van der Waals surface area (Å²) in [5, 5.41) is 4.07. The van der Waals surface area contributed by atoms with E-state index in [0.717, 1.165) is 12.0 Å². The zero-order valence-corrected chi connectivity index (χ0v) is 15.4. The molecule has 1 aromatic heterocycles. The number of benzene rings is 2. The highest BCUT2D eigenvalue weighted by molar-refractivity contribution is 6.38. The Balaban J connectivity index is 1.66. The molecule has 0 saturated carbocycles. The van der Waals surface area contributed by atoms with Gasteiger partial charge in [0.25, 0.3) is 11.9 Å². The van der Waals surface area contributed by atoms with Crippen molar-refractivity contribution in [2.75, 3.05) is 26.0 Å². The van der Waals surface area contributed by atoms with Crippen molar-refractivity contribution in [2.24, 2.45) is 0 Å². The first-order valence-corrected chi connectivity index (χ1v) is 8.49. The summed E-state index contributed by atoms with van der Waals surface area (Å²) < 4.78 is 5.61. The number of rotatable bonds is 5. The largest absolute Gasteiger partial charge is 0.422 e. The number of anilines is 1. The molecule has 1 amide bonds. The number of nitrogens with one attached hydrogen (secondary N) is 1. The highest BCUT2D eigenvalue weighted by Gasteiger charge is 2.11. The molecule has 130 valence electrons. The average molecular weight is 378 g/mol. The Hall–Kier alpha value is -2.24. The minimum atomic E-state index is -0.0136. The van der Waals surface area contributed by atoms with Gasteiger partial charge in [-0.15, -0.1) is 0 Å². The predicted molar refractivity (Wildman–Crippen MR) is 101 cm³/mol. The second-order valence-electron chi connectivity index (χ2n) is 5.83. The summed E-state index contributed by atoms with van der Waals surface area (Å²) >= 11 is 12.1. The van der Waals surface area contributed by atoms with Crippen LogP contribution in [0.4, 0.5) is 6.01 Å². The Kier molecular flexibility index (Phi) is 5.16. The van der Waals surface area contributed by atoms with Gasteiger partial charge in [0.2, 0.25) is 0 Å². The van der Waals surface area contributed by atoms with Crippen LogP contribution in [0.3, 0.4) is 0 Å². The van der Waals surface area contributed by atoms with Crippen molar-refractivity contribution < 1.29 is 9.21 Å². The summed E-state index contributed by atoms with van der Waals surface area (Å²) in [6.07, 6.45) is 0.724. The summed E-state index contributed by atoms with van der Waals surface area (Å²) in [6.45, 7) is 0.609. The van der Waals surface area contributed by atoms with Gasteiger partial charge in [0.1, 0.15) is 5.52 Å². The molecule has 0 atom stereocenters. The predicted octanol–water partition coefficient (Wildman–Crippen LogP) is 4.49. The van der Waals surface area contributed by atoms with Crippen LogP contribution in [0.5, 0.6) is 0 Å². The third kappa shape index (κ3) is 4.06. The minimum Gasteiger partial charge on any atom is -0.422 e. The lowest BCUT2D eigenvalue weighted by Crippen LogP contribution is -2.21. The van der Waals surface area contributed by atoms with E-state index >= 15 is 0 Å². The topological polar surface area (TPSA) is 58.4 Å². The molecule has 0 unspecified atom stereocenters. The molecule has 0 aliphatic heterocycles. The number of hydrogen-bond donors (Lipinski definition) is 1. The molecular weight excluding hydrogens is 361 g/mol. The first kappa shape index (κ1) is 17.6. The van der Waals surface area contributed by atoms with Gasteiger partial charge in [-0.3, -0.25) is 4.79 Å². The van der Waals surface area contributed by atoms with E-state index in [9.17, 15) is 4.79 Å². The van der Waals surface area contributed by atoms with Crippen molar-refractivity contribution >= 4 is 46.2 Å². The minimum absolute atomic E-state index is 0.0136. The maximum Gasteiger partial charge on any atom is 0.295 e. The Bertz CT molecular complexity index is 922. The number of hydrogen-bond acceptors (Lipinski definition) is 4. The zero-order valence-electron chi connectivity index (χ0n) is 13.8. The number of halogens is 2. The number of fused-ring (bicyclic) bond motifs is 1. The normalized spacial score (nSPS) is 10.9. The lowest BCUT2D eigenvalue weighted by molar-refractivity contribution is 0.0827. The van der Waals surface area contributed by atoms with Crippen molar-refractivity contribution in [3.8, 4) is 0 Å². The highest BCUT2D eigenvalue weighted by Crippen LogP contribution is 2.29. The van der Waals surface area contributed by atoms with Crippen molar-refractivity contribution in [1.29, 1.82) is 0 Å². The van der Waals surface area contributed by atoms with Crippen LogP contribution in [0.1, 0.15) is 15.9 Å². The summed E-state index contributed by atoms with van der Waals surface area (Å²) in [7, 11) is 3.47. The Morgan fingerprint density at radius 1 is 1.24 bits per heavy atom. The van der Waals surface area contributed by atoms with Crippen LogP contribution >= 0.6 is 23.2 Å². The molecule has 0 aliphatic carbocycles. The molecule has 3 aromatic rings. The van der Waals surface area contributed by atoms with Crippen molar-refractivity contribution in [2.45, 2.75) is 6.42 Å². The van der Waals surface area contributed by atoms with Gasteiger partial charge in [-0.1, -0.05) is 35.3 Å². The van der Waals surface area contributed by atoms with E-state index in [0.29, 0.717) is 39.3 Å². The molecule has 2 aromatic carbocycles. The zero-order chi connectivity index (χ0) is 18.0. The van der Waals surface area contributed by atoms with Crippen molar-refractivity contribution in [3.05, 3.63) is 57.6 Å². The van der Waals surface area contributed by atoms with Crippen LogP contribution in [-0.2, 0) is 6.42 Å². The lowest BCUT2D eigenvalue weighted by Gasteiger charge is -2.11. The Morgan fingerprint density at radius 3 is 2.80 bits per heavy atom. The van der Waals surface area contributed by atoms with Gasteiger partial charge in [0.15, 0.2) is 5.58 Å². The molecule has 3 rings (SSSR count). The van der Waals surface area contributed by atoms with Gasteiger partial charge >= 0.3 is 0 Å². The van der Waals surface area contributed by atoms with E-state index in [-0.39, 0.29) is 5.91 Å². The third-order valence-electron chi connectivity index (χ3n) is 3.68. The van der Waals surface area contributed by atoms with Gasteiger partial charge < -0.3 is 14.6 Å². The van der Waals surface area contributed by atoms with E-state index in [2.05, 4.69) is 10.3 Å². The van der Waals surface area contributed by atoms with Crippen LogP contribution < -0.4 is 5.32 Å². The highest BCUT2D eigenvalue weighted by atomic mass is 35.5. The van der Waals surface area contributed by atoms with Crippen molar-refractivity contribution in [1.82, 2.24) is 9.88 Å². The van der Waals surface area contributed by atoms with Crippen LogP contribution in [0, 0.1) is 0 Å². The van der Waals surface area contributed by atoms with E-state index in [4.69, 9.17) is 27.6 Å². The Labute approximate surface area is 155 Å². The molecule has 0 radical (unpaired) electrons. The number of amides is 1. The van der Waals surface area contributed by atoms with Crippen LogP contribution in [0.15, 0.2) is 40.8 Å².